The van der Waals surface area contributed by atoms with Gasteiger partial charge in [0.1, 0.15) is 12.7 Å². The number of hydrogen-bond donors (Lipinski definition) is 0. The average molecular weight is 410 g/mol. The highest BCUT2D eigenvalue weighted by Gasteiger charge is 2.64. The van der Waals surface area contributed by atoms with Gasteiger partial charge in [-0.15, -0.1) is 0 Å². The summed E-state index contributed by atoms with van der Waals surface area (Å²) in [5.41, 5.74) is -3.42. The van der Waals surface area contributed by atoms with Crippen LogP contribution in [-0.4, -0.2) is 37.9 Å². The van der Waals surface area contributed by atoms with E-state index in [1.807, 2.05) is 0 Å². The molecule has 0 aromatic heterocycles. The quantitative estimate of drug-likeness (QED) is 0.609. The zero-order chi connectivity index (χ0) is 21.5. The van der Waals surface area contributed by atoms with E-state index in [9.17, 15) is 22.8 Å². The molecule has 156 valence electrons. The molecule has 0 fully saturated rings. The number of benzene rings is 2. The minimum absolute atomic E-state index is 0.139. The number of carbonyl (C=O) groups is 2. The molecular formula is C21H21F3O5. The maximum Gasteiger partial charge on any atom is 0.432 e. The maximum atomic E-state index is 13.9. The van der Waals surface area contributed by atoms with Crippen LogP contribution in [0.15, 0.2) is 60.7 Å². The zero-order valence-electron chi connectivity index (χ0n) is 15.9. The van der Waals surface area contributed by atoms with Gasteiger partial charge in [0.05, 0.1) is 5.56 Å². The molecule has 29 heavy (non-hydrogen) atoms. The summed E-state index contributed by atoms with van der Waals surface area (Å²) in [6.45, 7) is 1.21. The van der Waals surface area contributed by atoms with Gasteiger partial charge < -0.3 is 14.2 Å². The van der Waals surface area contributed by atoms with Crippen LogP contribution in [0.4, 0.5) is 13.2 Å². The van der Waals surface area contributed by atoms with Crippen LogP contribution < -0.4 is 0 Å². The van der Waals surface area contributed by atoms with Crippen LogP contribution in [0.25, 0.3) is 0 Å². The molecule has 0 radical (unpaired) electrons. The number of esters is 2. The molecule has 8 heteroatoms. The molecule has 2 aromatic rings. The lowest BCUT2D eigenvalue weighted by molar-refractivity contribution is -0.278. The van der Waals surface area contributed by atoms with E-state index in [0.29, 0.717) is 0 Å². The predicted molar refractivity (Wildman–Crippen MR) is 98.1 cm³/mol. The number of ether oxygens (including phenoxy) is 3. The molecule has 0 bridgehead atoms. The Kier molecular flexibility index (Phi) is 7.39. The molecular weight excluding hydrogens is 389 g/mol. The molecule has 2 atom stereocenters. The standard InChI is InChI=1S/C21H21F3O5/c1-3-17(14-28-18(25)15-10-6-4-7-11-15)29-19(26)20(27-2,21(22,23)24)16-12-8-5-9-13-16/h4-13,17H,3,14H2,1-2H3/t17-,20?/m0/s1. The van der Waals surface area contributed by atoms with Crippen molar-refractivity contribution >= 4 is 11.9 Å². The third-order valence-electron chi connectivity index (χ3n) is 4.31. The van der Waals surface area contributed by atoms with Gasteiger partial charge in [-0.25, -0.2) is 9.59 Å². The number of methoxy groups -OCH3 is 1. The second-order valence-corrected chi connectivity index (χ2v) is 6.15. The number of hydrogen-bond acceptors (Lipinski definition) is 5. The summed E-state index contributed by atoms with van der Waals surface area (Å²) < 4.78 is 56.5. The van der Waals surface area contributed by atoms with E-state index in [1.54, 1.807) is 25.1 Å². The second-order valence-electron chi connectivity index (χ2n) is 6.15. The molecule has 2 rings (SSSR count). The van der Waals surface area contributed by atoms with Crippen LogP contribution in [0.5, 0.6) is 0 Å². The highest BCUT2D eigenvalue weighted by Crippen LogP contribution is 2.43. The van der Waals surface area contributed by atoms with Gasteiger partial charge in [0.2, 0.25) is 0 Å². The average Bonchev–Trinajstić information content (AvgIpc) is 2.72. The smallest absolute Gasteiger partial charge is 0.432 e. The summed E-state index contributed by atoms with van der Waals surface area (Å²) in [5.74, 6) is -2.29. The first-order valence-corrected chi connectivity index (χ1v) is 8.87. The summed E-state index contributed by atoms with van der Waals surface area (Å²) in [5, 5.41) is 0. The van der Waals surface area contributed by atoms with Gasteiger partial charge >= 0.3 is 18.1 Å². The van der Waals surface area contributed by atoms with E-state index in [1.165, 1.54) is 30.3 Å². The fourth-order valence-electron chi connectivity index (χ4n) is 2.68. The van der Waals surface area contributed by atoms with Crippen molar-refractivity contribution in [1.82, 2.24) is 0 Å². The normalized spacial score (nSPS) is 14.5. The predicted octanol–water partition coefficient (Wildman–Crippen LogP) is 4.27. The lowest BCUT2D eigenvalue weighted by Crippen LogP contribution is -2.52. The van der Waals surface area contributed by atoms with Gasteiger partial charge in [-0.2, -0.15) is 13.2 Å². The van der Waals surface area contributed by atoms with Gasteiger partial charge in [-0.05, 0) is 18.6 Å². The Morgan fingerprint density at radius 3 is 2.00 bits per heavy atom. The molecule has 0 spiro atoms. The van der Waals surface area contributed by atoms with E-state index < -0.39 is 35.4 Å². The molecule has 0 heterocycles. The summed E-state index contributed by atoms with van der Waals surface area (Å²) in [4.78, 5) is 24.6. The van der Waals surface area contributed by atoms with Gasteiger partial charge in [-0.3, -0.25) is 0 Å². The molecule has 0 aliphatic rings. The van der Waals surface area contributed by atoms with E-state index in [4.69, 9.17) is 9.47 Å². The molecule has 0 amide bonds. The van der Waals surface area contributed by atoms with E-state index in [-0.39, 0.29) is 18.6 Å². The van der Waals surface area contributed by atoms with Gasteiger partial charge in [0.15, 0.2) is 0 Å². The van der Waals surface area contributed by atoms with Crippen LogP contribution in [0, 0.1) is 0 Å². The van der Waals surface area contributed by atoms with Gasteiger partial charge in [-0.1, -0.05) is 55.5 Å². The molecule has 0 aliphatic heterocycles. The van der Waals surface area contributed by atoms with Crippen LogP contribution in [0.3, 0.4) is 0 Å². The summed E-state index contributed by atoms with van der Waals surface area (Å²) in [6, 6.07) is 14.6. The minimum atomic E-state index is -5.07. The van der Waals surface area contributed by atoms with Crippen molar-refractivity contribution in [3.63, 3.8) is 0 Å². The first-order chi connectivity index (χ1) is 13.8. The van der Waals surface area contributed by atoms with E-state index >= 15 is 0 Å². The zero-order valence-corrected chi connectivity index (χ0v) is 15.9. The first kappa shape index (κ1) is 22.4. The fraction of sp³-hybridized carbons (Fsp3) is 0.333. The molecule has 0 saturated carbocycles. The van der Waals surface area contributed by atoms with Crippen LogP contribution in [-0.2, 0) is 24.6 Å². The molecule has 2 aromatic carbocycles. The summed E-state index contributed by atoms with van der Waals surface area (Å²) in [7, 11) is 0.790. The molecule has 1 unspecified atom stereocenters. The molecule has 0 N–H and O–H groups in total. The lowest BCUT2D eigenvalue weighted by Gasteiger charge is -2.33. The van der Waals surface area contributed by atoms with Gasteiger partial charge in [0.25, 0.3) is 5.60 Å². The number of halogens is 3. The largest absolute Gasteiger partial charge is 0.458 e. The fourth-order valence-corrected chi connectivity index (χ4v) is 2.68. The highest BCUT2D eigenvalue weighted by atomic mass is 19.4. The Hall–Kier alpha value is -2.87. The van der Waals surface area contributed by atoms with Crippen LogP contribution >= 0.6 is 0 Å². The SMILES string of the molecule is CC[C@@H](COC(=O)c1ccccc1)OC(=O)C(OC)(c1ccccc1)C(F)(F)F. The first-order valence-electron chi connectivity index (χ1n) is 8.87. The molecule has 0 aliphatic carbocycles. The van der Waals surface area contributed by atoms with E-state index in [2.05, 4.69) is 4.74 Å². The third kappa shape index (κ3) is 4.95. The monoisotopic (exact) mass is 410 g/mol. The summed E-state index contributed by atoms with van der Waals surface area (Å²) in [6.07, 6.45) is -6.00. The highest BCUT2D eigenvalue weighted by molar-refractivity contribution is 5.89. The Labute approximate surface area is 166 Å². The van der Waals surface area contributed by atoms with Crippen molar-refractivity contribution < 1.29 is 37.0 Å². The number of alkyl halides is 3. The van der Waals surface area contributed by atoms with Gasteiger partial charge in [0, 0.05) is 12.7 Å². The van der Waals surface area contributed by atoms with Crippen molar-refractivity contribution in [3.8, 4) is 0 Å². The molecule has 5 nitrogen and oxygen atoms in total. The number of rotatable bonds is 8. The Bertz CT molecular complexity index is 808. The second kappa shape index (κ2) is 9.56. The summed E-state index contributed by atoms with van der Waals surface area (Å²) >= 11 is 0. The Morgan fingerprint density at radius 1 is 0.966 bits per heavy atom. The van der Waals surface area contributed by atoms with Crippen molar-refractivity contribution in [3.05, 3.63) is 71.8 Å². The molecule has 0 saturated heterocycles. The topological polar surface area (TPSA) is 61.8 Å². The van der Waals surface area contributed by atoms with E-state index in [0.717, 1.165) is 19.2 Å². The van der Waals surface area contributed by atoms with Crippen LogP contribution in [0.2, 0.25) is 0 Å². The maximum absolute atomic E-state index is 13.9. The van der Waals surface area contributed by atoms with Crippen LogP contribution in [0.1, 0.15) is 29.3 Å². The minimum Gasteiger partial charge on any atom is -0.458 e. The van der Waals surface area contributed by atoms with Crippen molar-refractivity contribution in [2.24, 2.45) is 0 Å². The van der Waals surface area contributed by atoms with Crippen molar-refractivity contribution in [2.75, 3.05) is 13.7 Å². The van der Waals surface area contributed by atoms with Crippen molar-refractivity contribution in [2.45, 2.75) is 31.2 Å². The lowest BCUT2D eigenvalue weighted by atomic mass is 9.92. The Balaban J connectivity index is 2.17. The number of carbonyl (C=O) groups excluding carboxylic acids is 2. The Morgan fingerprint density at radius 2 is 1.52 bits per heavy atom. The van der Waals surface area contributed by atoms with Crippen molar-refractivity contribution in [1.29, 1.82) is 0 Å². The third-order valence-corrected chi connectivity index (χ3v) is 4.31.